The Balaban J connectivity index is 2.38. The van der Waals surface area contributed by atoms with E-state index >= 15 is 0 Å². The Kier molecular flexibility index (Phi) is 3.09. The van der Waals surface area contributed by atoms with E-state index in [0.717, 1.165) is 14.9 Å². The van der Waals surface area contributed by atoms with Crippen molar-refractivity contribution in [3.05, 3.63) is 50.6 Å². The summed E-state index contributed by atoms with van der Waals surface area (Å²) in [6.07, 6.45) is 0. The smallest absolute Gasteiger partial charge is 0.121 e. The average molecular weight is 284 g/mol. The van der Waals surface area contributed by atoms with E-state index < -0.39 is 0 Å². The van der Waals surface area contributed by atoms with Gasteiger partial charge in [-0.15, -0.1) is 11.3 Å². The number of phenols is 1. The third kappa shape index (κ3) is 2.22. The molecule has 1 heterocycles. The molecule has 0 unspecified atom stereocenters. The molecule has 0 saturated carbocycles. The summed E-state index contributed by atoms with van der Waals surface area (Å²) in [4.78, 5) is 1.05. The van der Waals surface area contributed by atoms with Gasteiger partial charge in [0, 0.05) is 14.9 Å². The molecule has 0 spiro atoms. The molecule has 4 heteroatoms. The highest BCUT2D eigenvalue weighted by Gasteiger charge is 2.13. The van der Waals surface area contributed by atoms with Gasteiger partial charge in [-0.05, 0) is 23.6 Å². The first-order chi connectivity index (χ1) is 7.18. The van der Waals surface area contributed by atoms with Gasteiger partial charge in [0.25, 0.3) is 0 Å². The predicted molar refractivity (Wildman–Crippen MR) is 66.2 cm³/mol. The average Bonchev–Trinajstić information content (AvgIpc) is 2.69. The number of phenolic OH excluding ortho intramolecular Hbond substituents is 1. The lowest BCUT2D eigenvalue weighted by Crippen LogP contribution is -2.10. The van der Waals surface area contributed by atoms with E-state index in [2.05, 4.69) is 15.9 Å². The van der Waals surface area contributed by atoms with Crippen LogP contribution in [0.1, 0.15) is 16.5 Å². The molecule has 78 valence electrons. The molecule has 0 fully saturated rings. The van der Waals surface area contributed by atoms with Crippen LogP contribution in [0.5, 0.6) is 5.75 Å². The largest absolute Gasteiger partial charge is 0.508 e. The normalized spacial score (nSPS) is 12.7. The summed E-state index contributed by atoms with van der Waals surface area (Å²) < 4.78 is 0.849. The lowest BCUT2D eigenvalue weighted by molar-refractivity contribution is 0.465. The number of rotatable bonds is 2. The Morgan fingerprint density at radius 1 is 1.33 bits per heavy atom. The lowest BCUT2D eigenvalue weighted by Gasteiger charge is -2.11. The molecule has 2 rings (SSSR count). The number of thiophene rings is 1. The fourth-order valence-corrected chi connectivity index (χ4v) is 2.50. The van der Waals surface area contributed by atoms with Crippen LogP contribution in [0.3, 0.4) is 0 Å². The summed E-state index contributed by atoms with van der Waals surface area (Å²) >= 11 is 4.89. The summed E-state index contributed by atoms with van der Waals surface area (Å²) in [5, 5.41) is 11.7. The molecular weight excluding hydrogens is 274 g/mol. The molecule has 1 atom stereocenters. The highest BCUT2D eigenvalue weighted by Crippen LogP contribution is 2.31. The maximum absolute atomic E-state index is 9.76. The van der Waals surface area contributed by atoms with Crippen molar-refractivity contribution in [1.29, 1.82) is 0 Å². The number of halogens is 1. The molecule has 0 amide bonds. The molecule has 2 nitrogen and oxygen atoms in total. The van der Waals surface area contributed by atoms with Gasteiger partial charge in [0.1, 0.15) is 5.75 Å². The van der Waals surface area contributed by atoms with E-state index in [1.807, 2.05) is 29.6 Å². The van der Waals surface area contributed by atoms with Crippen molar-refractivity contribution in [2.45, 2.75) is 6.04 Å². The quantitative estimate of drug-likeness (QED) is 0.889. The van der Waals surface area contributed by atoms with Gasteiger partial charge in [-0.3, -0.25) is 0 Å². The molecule has 15 heavy (non-hydrogen) atoms. The zero-order valence-corrected chi connectivity index (χ0v) is 10.3. The van der Waals surface area contributed by atoms with Crippen LogP contribution in [-0.4, -0.2) is 5.11 Å². The van der Waals surface area contributed by atoms with Crippen molar-refractivity contribution < 1.29 is 5.11 Å². The summed E-state index contributed by atoms with van der Waals surface area (Å²) in [6.45, 7) is 0. The number of hydrogen-bond acceptors (Lipinski definition) is 3. The lowest BCUT2D eigenvalue weighted by atomic mass is 10.1. The van der Waals surface area contributed by atoms with Crippen molar-refractivity contribution in [3.8, 4) is 5.75 Å². The van der Waals surface area contributed by atoms with Crippen molar-refractivity contribution in [3.63, 3.8) is 0 Å². The van der Waals surface area contributed by atoms with Crippen molar-refractivity contribution in [2.24, 2.45) is 5.73 Å². The molecule has 1 aromatic heterocycles. The van der Waals surface area contributed by atoms with Gasteiger partial charge in [-0.1, -0.05) is 28.1 Å². The van der Waals surface area contributed by atoms with Crippen molar-refractivity contribution in [1.82, 2.24) is 0 Å². The van der Waals surface area contributed by atoms with Crippen LogP contribution >= 0.6 is 27.3 Å². The molecule has 1 aromatic carbocycles. The highest BCUT2D eigenvalue weighted by atomic mass is 79.9. The van der Waals surface area contributed by atoms with Crippen molar-refractivity contribution >= 4 is 27.3 Å². The third-order valence-electron chi connectivity index (χ3n) is 2.18. The molecule has 0 bridgehead atoms. The zero-order chi connectivity index (χ0) is 10.8. The summed E-state index contributed by atoms with van der Waals surface area (Å²) in [5.74, 6) is 0.227. The summed E-state index contributed by atoms with van der Waals surface area (Å²) in [6, 6.07) is 9.04. The van der Waals surface area contributed by atoms with E-state index in [1.165, 1.54) is 0 Å². The van der Waals surface area contributed by atoms with Crippen LogP contribution in [-0.2, 0) is 0 Å². The van der Waals surface area contributed by atoms with Crippen LogP contribution < -0.4 is 5.73 Å². The number of nitrogens with two attached hydrogens (primary N) is 1. The standard InChI is InChI=1S/C11H10BrNOS/c12-7-3-4-8(9(14)6-7)11(13)10-2-1-5-15-10/h1-6,11,14H,13H2/t11-/m1/s1. The maximum Gasteiger partial charge on any atom is 0.121 e. The first-order valence-corrected chi connectivity index (χ1v) is 6.13. The Bertz CT molecular complexity index is 456. The molecule has 3 N–H and O–H groups in total. The number of benzene rings is 1. The van der Waals surface area contributed by atoms with Crippen molar-refractivity contribution in [2.75, 3.05) is 0 Å². The molecule has 0 aliphatic rings. The summed E-state index contributed by atoms with van der Waals surface area (Å²) in [7, 11) is 0. The zero-order valence-electron chi connectivity index (χ0n) is 7.85. The Morgan fingerprint density at radius 3 is 2.73 bits per heavy atom. The van der Waals surface area contributed by atoms with Crippen LogP contribution in [0, 0.1) is 0 Å². The topological polar surface area (TPSA) is 46.2 Å². The minimum absolute atomic E-state index is 0.227. The minimum atomic E-state index is -0.252. The van der Waals surface area contributed by atoms with E-state index in [1.54, 1.807) is 17.4 Å². The van der Waals surface area contributed by atoms with Crippen LogP contribution in [0.4, 0.5) is 0 Å². The predicted octanol–water partition coefficient (Wildman–Crippen LogP) is 3.26. The molecule has 0 aliphatic heterocycles. The Labute approximate surface area is 100 Å². The fraction of sp³-hybridized carbons (Fsp3) is 0.0909. The molecule has 2 aromatic rings. The van der Waals surface area contributed by atoms with Gasteiger partial charge in [-0.25, -0.2) is 0 Å². The maximum atomic E-state index is 9.76. The number of hydrogen-bond donors (Lipinski definition) is 2. The summed E-state index contributed by atoms with van der Waals surface area (Å²) in [5.41, 5.74) is 6.80. The van der Waals surface area contributed by atoms with E-state index in [4.69, 9.17) is 5.73 Å². The first kappa shape index (κ1) is 10.7. The van der Waals surface area contributed by atoms with Gasteiger partial charge >= 0.3 is 0 Å². The van der Waals surface area contributed by atoms with Crippen LogP contribution in [0.15, 0.2) is 40.2 Å². The first-order valence-electron chi connectivity index (χ1n) is 4.46. The fourth-order valence-electron chi connectivity index (χ4n) is 1.40. The number of aromatic hydroxyl groups is 1. The van der Waals surface area contributed by atoms with E-state index in [0.29, 0.717) is 0 Å². The second-order valence-electron chi connectivity index (χ2n) is 3.20. The van der Waals surface area contributed by atoms with Gasteiger partial charge in [0.2, 0.25) is 0 Å². The monoisotopic (exact) mass is 283 g/mol. The van der Waals surface area contributed by atoms with Gasteiger partial charge in [0.05, 0.1) is 6.04 Å². The van der Waals surface area contributed by atoms with Gasteiger partial charge < -0.3 is 10.8 Å². The molecule has 0 saturated heterocycles. The Hall–Kier alpha value is -0.840. The second-order valence-corrected chi connectivity index (χ2v) is 5.09. The van der Waals surface area contributed by atoms with E-state index in [9.17, 15) is 5.11 Å². The van der Waals surface area contributed by atoms with Crippen LogP contribution in [0.2, 0.25) is 0 Å². The van der Waals surface area contributed by atoms with Gasteiger partial charge in [0.15, 0.2) is 0 Å². The van der Waals surface area contributed by atoms with E-state index in [-0.39, 0.29) is 11.8 Å². The minimum Gasteiger partial charge on any atom is -0.508 e. The highest BCUT2D eigenvalue weighted by molar-refractivity contribution is 9.10. The van der Waals surface area contributed by atoms with Gasteiger partial charge in [-0.2, -0.15) is 0 Å². The van der Waals surface area contributed by atoms with Crippen LogP contribution in [0.25, 0.3) is 0 Å². The Morgan fingerprint density at radius 2 is 2.13 bits per heavy atom. The SMILES string of the molecule is N[C@@H](c1cccs1)c1ccc(Br)cc1O. The molecule has 0 aliphatic carbocycles. The molecular formula is C11H10BrNOS. The molecule has 0 radical (unpaired) electrons. The second kappa shape index (κ2) is 4.35. The third-order valence-corrected chi connectivity index (χ3v) is 3.63.